The number of nitrogens with zero attached hydrogens (tertiary/aromatic N) is 3. The van der Waals surface area contributed by atoms with Gasteiger partial charge in [-0.05, 0) is 45.3 Å². The van der Waals surface area contributed by atoms with Crippen LogP contribution in [-0.4, -0.2) is 68.1 Å². The highest BCUT2D eigenvalue weighted by Crippen LogP contribution is 2.19. The first-order chi connectivity index (χ1) is 13.1. The molecule has 0 spiro atoms. The zero-order valence-corrected chi connectivity index (χ0v) is 20.5. The number of unbranched alkanes of at least 4 members (excludes halogenated alkanes) is 1. The second-order valence-corrected chi connectivity index (χ2v) is 7.83. The number of piperidine rings is 1. The van der Waals surface area contributed by atoms with Gasteiger partial charge in [0.2, 0.25) is 0 Å². The molecule has 160 valence electrons. The van der Waals surface area contributed by atoms with Crippen LogP contribution in [0.25, 0.3) is 0 Å². The largest absolute Gasteiger partial charge is 0.355 e. The molecule has 5 nitrogen and oxygen atoms in total. The van der Waals surface area contributed by atoms with E-state index in [1.165, 1.54) is 24.9 Å². The Morgan fingerprint density at radius 2 is 2.00 bits per heavy atom. The van der Waals surface area contributed by atoms with E-state index in [0.717, 1.165) is 45.0 Å². The van der Waals surface area contributed by atoms with Gasteiger partial charge in [0, 0.05) is 45.3 Å². The number of guanidine groups is 1. The maximum Gasteiger partial charge on any atom is 0.191 e. The van der Waals surface area contributed by atoms with Gasteiger partial charge in [-0.25, -0.2) is 0 Å². The Labute approximate surface area is 189 Å². The van der Waals surface area contributed by atoms with Crippen molar-refractivity contribution in [1.29, 1.82) is 0 Å². The fourth-order valence-electron chi connectivity index (χ4n) is 3.70. The molecular weight excluding hydrogens is 461 g/mol. The number of likely N-dealkylation sites (tertiary alicyclic amines) is 1. The molecule has 1 heterocycles. The fourth-order valence-corrected chi connectivity index (χ4v) is 3.70. The minimum Gasteiger partial charge on any atom is -0.355 e. The van der Waals surface area contributed by atoms with Crippen LogP contribution < -0.4 is 10.6 Å². The topological polar surface area (TPSA) is 42.9 Å². The third-order valence-corrected chi connectivity index (χ3v) is 5.49. The zero-order valence-electron chi connectivity index (χ0n) is 18.2. The number of rotatable bonds is 9. The van der Waals surface area contributed by atoms with Gasteiger partial charge in [-0.15, -0.1) is 24.0 Å². The van der Waals surface area contributed by atoms with Crippen LogP contribution in [0.5, 0.6) is 0 Å². The predicted molar refractivity (Wildman–Crippen MR) is 132 cm³/mol. The molecule has 1 aromatic rings. The van der Waals surface area contributed by atoms with E-state index in [9.17, 15) is 0 Å². The van der Waals surface area contributed by atoms with E-state index in [1.807, 2.05) is 7.05 Å². The number of nitrogens with one attached hydrogen (secondary N) is 2. The van der Waals surface area contributed by atoms with E-state index >= 15 is 0 Å². The van der Waals surface area contributed by atoms with Gasteiger partial charge in [0.25, 0.3) is 0 Å². The quantitative estimate of drug-likeness (QED) is 0.309. The Kier molecular flexibility index (Phi) is 12.7. The van der Waals surface area contributed by atoms with Gasteiger partial charge in [-0.1, -0.05) is 43.7 Å². The molecule has 1 aromatic carbocycles. The Hall–Kier alpha value is -0.860. The van der Waals surface area contributed by atoms with E-state index in [4.69, 9.17) is 0 Å². The molecular formula is C22H40IN5. The maximum absolute atomic E-state index is 4.42. The SMILES string of the molecule is CCCCN(C)CCNC(=NC)NC1CCN(Cc2ccccc2)C(C)C1.I. The minimum absolute atomic E-state index is 0. The lowest BCUT2D eigenvalue weighted by molar-refractivity contribution is 0.134. The second-order valence-electron chi connectivity index (χ2n) is 7.83. The van der Waals surface area contributed by atoms with Gasteiger partial charge in [0.15, 0.2) is 5.96 Å². The van der Waals surface area contributed by atoms with Crippen LogP contribution in [0.15, 0.2) is 35.3 Å². The summed E-state index contributed by atoms with van der Waals surface area (Å²) in [6, 6.07) is 11.9. The van der Waals surface area contributed by atoms with Crippen LogP contribution >= 0.6 is 24.0 Å². The van der Waals surface area contributed by atoms with Gasteiger partial charge < -0.3 is 15.5 Å². The van der Waals surface area contributed by atoms with Crippen molar-refractivity contribution in [2.45, 2.75) is 58.2 Å². The Morgan fingerprint density at radius 3 is 2.64 bits per heavy atom. The molecule has 1 fully saturated rings. The monoisotopic (exact) mass is 501 g/mol. The molecule has 28 heavy (non-hydrogen) atoms. The molecule has 0 aromatic heterocycles. The van der Waals surface area contributed by atoms with Crippen molar-refractivity contribution in [1.82, 2.24) is 20.4 Å². The van der Waals surface area contributed by atoms with Crippen molar-refractivity contribution in [2.75, 3.05) is 40.3 Å². The minimum atomic E-state index is 0. The molecule has 2 unspecified atom stereocenters. The summed E-state index contributed by atoms with van der Waals surface area (Å²) < 4.78 is 0. The second kappa shape index (κ2) is 14.2. The highest BCUT2D eigenvalue weighted by Gasteiger charge is 2.25. The lowest BCUT2D eigenvalue weighted by Gasteiger charge is -2.38. The van der Waals surface area contributed by atoms with Gasteiger partial charge in [-0.3, -0.25) is 9.89 Å². The number of aliphatic imine (C=N–C) groups is 1. The Balaban J connectivity index is 0.00000392. The van der Waals surface area contributed by atoms with Crippen LogP contribution in [0.3, 0.4) is 0 Å². The molecule has 0 bridgehead atoms. The van der Waals surface area contributed by atoms with Gasteiger partial charge in [-0.2, -0.15) is 0 Å². The van der Waals surface area contributed by atoms with Crippen LogP contribution in [0.4, 0.5) is 0 Å². The van der Waals surface area contributed by atoms with Crippen molar-refractivity contribution >= 4 is 29.9 Å². The number of halogens is 1. The smallest absolute Gasteiger partial charge is 0.191 e. The average Bonchev–Trinajstić information content (AvgIpc) is 2.68. The molecule has 2 N–H and O–H groups in total. The molecule has 2 rings (SSSR count). The molecule has 0 aliphatic carbocycles. The third kappa shape index (κ3) is 9.09. The summed E-state index contributed by atoms with van der Waals surface area (Å²) in [5.74, 6) is 0.938. The van der Waals surface area contributed by atoms with Gasteiger partial charge in [0.05, 0.1) is 0 Å². The third-order valence-electron chi connectivity index (χ3n) is 5.49. The predicted octanol–water partition coefficient (Wildman–Crippen LogP) is 3.55. The van der Waals surface area contributed by atoms with Crippen molar-refractivity contribution in [3.63, 3.8) is 0 Å². The Morgan fingerprint density at radius 1 is 1.25 bits per heavy atom. The van der Waals surface area contributed by atoms with Crippen LogP contribution in [0.1, 0.15) is 45.1 Å². The van der Waals surface area contributed by atoms with Crippen LogP contribution in [0, 0.1) is 0 Å². The van der Waals surface area contributed by atoms with E-state index in [2.05, 4.69) is 76.7 Å². The molecule has 0 radical (unpaired) electrons. The van der Waals surface area contributed by atoms with Crippen molar-refractivity contribution in [3.05, 3.63) is 35.9 Å². The van der Waals surface area contributed by atoms with E-state index < -0.39 is 0 Å². The lowest BCUT2D eigenvalue weighted by atomic mass is 9.97. The molecule has 1 saturated heterocycles. The molecule has 0 saturated carbocycles. The normalized spacial score (nSPS) is 20.7. The van der Waals surface area contributed by atoms with E-state index in [1.54, 1.807) is 0 Å². The zero-order chi connectivity index (χ0) is 19.5. The first kappa shape index (κ1) is 25.2. The summed E-state index contributed by atoms with van der Waals surface area (Å²) >= 11 is 0. The van der Waals surface area contributed by atoms with Gasteiger partial charge >= 0.3 is 0 Å². The molecule has 1 aliphatic rings. The average molecular weight is 502 g/mol. The standard InChI is InChI=1S/C22H39N5.HI/c1-5-6-14-26(4)16-13-24-22(23-3)25-21-12-15-27(19(2)17-21)18-20-10-8-7-9-11-20;/h7-11,19,21H,5-6,12-18H2,1-4H3,(H2,23,24,25);1H. The fraction of sp³-hybridized carbons (Fsp3) is 0.682. The number of benzene rings is 1. The van der Waals surface area contributed by atoms with Crippen molar-refractivity contribution in [3.8, 4) is 0 Å². The highest BCUT2D eigenvalue weighted by atomic mass is 127. The highest BCUT2D eigenvalue weighted by molar-refractivity contribution is 14.0. The van der Waals surface area contributed by atoms with E-state index in [-0.39, 0.29) is 24.0 Å². The number of hydrogen-bond donors (Lipinski definition) is 2. The van der Waals surface area contributed by atoms with E-state index in [0.29, 0.717) is 12.1 Å². The summed E-state index contributed by atoms with van der Waals surface area (Å²) in [6.45, 7) is 9.91. The molecule has 6 heteroatoms. The van der Waals surface area contributed by atoms with Crippen LogP contribution in [0.2, 0.25) is 0 Å². The van der Waals surface area contributed by atoms with Gasteiger partial charge in [0.1, 0.15) is 0 Å². The molecule has 2 atom stereocenters. The summed E-state index contributed by atoms with van der Waals surface area (Å²) in [4.78, 5) is 9.39. The summed E-state index contributed by atoms with van der Waals surface area (Å²) in [7, 11) is 4.06. The maximum atomic E-state index is 4.42. The molecule has 0 amide bonds. The summed E-state index contributed by atoms with van der Waals surface area (Å²) in [6.07, 6.45) is 4.84. The first-order valence-corrected chi connectivity index (χ1v) is 10.6. The van der Waals surface area contributed by atoms with Crippen molar-refractivity contribution in [2.24, 2.45) is 4.99 Å². The Bertz CT molecular complexity index is 551. The summed E-state index contributed by atoms with van der Waals surface area (Å²) in [5.41, 5.74) is 1.40. The number of hydrogen-bond acceptors (Lipinski definition) is 3. The first-order valence-electron chi connectivity index (χ1n) is 10.6. The summed E-state index contributed by atoms with van der Waals surface area (Å²) in [5, 5.41) is 7.10. The van der Waals surface area contributed by atoms with Crippen LogP contribution in [-0.2, 0) is 6.54 Å². The molecule has 1 aliphatic heterocycles. The van der Waals surface area contributed by atoms with Crippen molar-refractivity contribution < 1.29 is 0 Å². The lowest BCUT2D eigenvalue weighted by Crippen LogP contribution is -2.51. The number of likely N-dealkylation sites (N-methyl/N-ethyl adjacent to an activating group) is 1.